The molecule has 0 bridgehead atoms. The normalized spacial score (nSPS) is 10.1. The van der Waals surface area contributed by atoms with E-state index in [1.54, 1.807) is 0 Å². The fraction of sp³-hybridized carbons (Fsp3) is 0.0714. The van der Waals surface area contributed by atoms with Crippen LogP contribution >= 0.6 is 0 Å². The first-order valence-electron chi connectivity index (χ1n) is 5.29. The summed E-state index contributed by atoms with van der Waals surface area (Å²) in [5, 5.41) is 9.44. The van der Waals surface area contributed by atoms with E-state index in [2.05, 4.69) is 0 Å². The Bertz CT molecular complexity index is 593. The summed E-state index contributed by atoms with van der Waals surface area (Å²) in [5.74, 6) is -0.634. The van der Waals surface area contributed by atoms with E-state index in [4.69, 9.17) is 4.74 Å². The minimum atomic E-state index is -0.466. The van der Waals surface area contributed by atoms with Gasteiger partial charge in [0.25, 0.3) is 0 Å². The average Bonchev–Trinajstić information content (AvgIpc) is 2.38. The van der Waals surface area contributed by atoms with Crippen LogP contribution in [0.25, 0.3) is 0 Å². The molecule has 0 fully saturated rings. The van der Waals surface area contributed by atoms with E-state index in [0.717, 1.165) is 0 Å². The molecule has 0 aromatic heterocycles. The second-order valence-corrected chi connectivity index (χ2v) is 3.73. The Morgan fingerprint density at radius 2 is 1.89 bits per heavy atom. The van der Waals surface area contributed by atoms with E-state index in [1.807, 2.05) is 0 Å². The van der Waals surface area contributed by atoms with Crippen LogP contribution in [0.4, 0.5) is 4.39 Å². The van der Waals surface area contributed by atoms with Gasteiger partial charge >= 0.3 is 0 Å². The molecular formula is C14H11FO3. The molecule has 0 aliphatic carbocycles. The van der Waals surface area contributed by atoms with Crippen LogP contribution in [0.15, 0.2) is 42.5 Å². The monoisotopic (exact) mass is 246 g/mol. The van der Waals surface area contributed by atoms with Crippen LogP contribution in [0.2, 0.25) is 0 Å². The number of rotatable bonds is 3. The molecule has 0 atom stereocenters. The zero-order valence-corrected chi connectivity index (χ0v) is 9.68. The maximum Gasteiger partial charge on any atom is 0.193 e. The number of aromatic hydroxyl groups is 1. The van der Waals surface area contributed by atoms with Gasteiger partial charge in [-0.2, -0.15) is 0 Å². The standard InChI is InChI=1S/C14H11FO3/c1-18-13-8-10(5-6-12(13)16)14(17)9-3-2-4-11(15)7-9/h2-8,16H,1H3. The Kier molecular flexibility index (Phi) is 3.28. The van der Waals surface area contributed by atoms with E-state index < -0.39 is 5.82 Å². The number of phenols is 1. The van der Waals surface area contributed by atoms with E-state index in [-0.39, 0.29) is 22.8 Å². The summed E-state index contributed by atoms with van der Waals surface area (Å²) in [6.45, 7) is 0. The molecule has 0 aliphatic rings. The fourth-order valence-electron chi connectivity index (χ4n) is 1.62. The summed E-state index contributed by atoms with van der Waals surface area (Å²) in [6.07, 6.45) is 0. The number of ether oxygens (including phenoxy) is 1. The van der Waals surface area contributed by atoms with E-state index in [0.29, 0.717) is 5.56 Å². The lowest BCUT2D eigenvalue weighted by Crippen LogP contribution is -2.02. The highest BCUT2D eigenvalue weighted by Gasteiger charge is 2.12. The van der Waals surface area contributed by atoms with Crippen molar-refractivity contribution in [3.63, 3.8) is 0 Å². The molecule has 92 valence electrons. The third-order valence-electron chi connectivity index (χ3n) is 2.53. The van der Waals surface area contributed by atoms with Crippen molar-refractivity contribution in [3.8, 4) is 11.5 Å². The molecule has 4 heteroatoms. The highest BCUT2D eigenvalue weighted by atomic mass is 19.1. The van der Waals surface area contributed by atoms with Gasteiger partial charge in [0.2, 0.25) is 0 Å². The summed E-state index contributed by atoms with van der Waals surface area (Å²) in [4.78, 5) is 12.1. The number of hydrogen-bond acceptors (Lipinski definition) is 3. The molecule has 0 heterocycles. The Balaban J connectivity index is 2.40. The van der Waals surface area contributed by atoms with Crippen LogP contribution in [-0.2, 0) is 0 Å². The number of methoxy groups -OCH3 is 1. The van der Waals surface area contributed by atoms with Crippen LogP contribution < -0.4 is 4.74 Å². The topological polar surface area (TPSA) is 46.5 Å². The van der Waals surface area contributed by atoms with E-state index in [1.165, 1.54) is 49.6 Å². The number of benzene rings is 2. The lowest BCUT2D eigenvalue weighted by atomic mass is 10.0. The van der Waals surface area contributed by atoms with Gasteiger partial charge < -0.3 is 9.84 Å². The van der Waals surface area contributed by atoms with Gasteiger partial charge in [0.1, 0.15) is 5.82 Å². The van der Waals surface area contributed by atoms with Crippen molar-refractivity contribution in [2.45, 2.75) is 0 Å². The Morgan fingerprint density at radius 3 is 2.56 bits per heavy atom. The number of phenolic OH excluding ortho intramolecular Hbond substituents is 1. The summed E-state index contributed by atoms with van der Waals surface area (Å²) >= 11 is 0. The highest BCUT2D eigenvalue weighted by Crippen LogP contribution is 2.27. The molecule has 0 aliphatic heterocycles. The Morgan fingerprint density at radius 1 is 1.17 bits per heavy atom. The Hall–Kier alpha value is -2.36. The first-order valence-corrected chi connectivity index (χ1v) is 5.29. The zero-order chi connectivity index (χ0) is 13.1. The maximum absolute atomic E-state index is 13.0. The van der Waals surface area contributed by atoms with Crippen molar-refractivity contribution in [2.24, 2.45) is 0 Å². The highest BCUT2D eigenvalue weighted by molar-refractivity contribution is 6.09. The fourth-order valence-corrected chi connectivity index (χ4v) is 1.62. The molecule has 18 heavy (non-hydrogen) atoms. The first-order chi connectivity index (χ1) is 8.61. The SMILES string of the molecule is COc1cc(C(=O)c2cccc(F)c2)ccc1O. The number of halogens is 1. The number of carbonyl (C=O) groups is 1. The van der Waals surface area contributed by atoms with Crippen molar-refractivity contribution in [3.05, 3.63) is 59.4 Å². The average molecular weight is 246 g/mol. The largest absolute Gasteiger partial charge is 0.504 e. The molecular weight excluding hydrogens is 235 g/mol. The van der Waals surface area contributed by atoms with Gasteiger partial charge in [0.05, 0.1) is 7.11 Å². The van der Waals surface area contributed by atoms with Gasteiger partial charge in [0.15, 0.2) is 17.3 Å². The van der Waals surface area contributed by atoms with Crippen LogP contribution in [0.1, 0.15) is 15.9 Å². The molecule has 2 aromatic carbocycles. The van der Waals surface area contributed by atoms with Gasteiger partial charge in [-0.15, -0.1) is 0 Å². The summed E-state index contributed by atoms with van der Waals surface area (Å²) in [6, 6.07) is 9.69. The van der Waals surface area contributed by atoms with Gasteiger partial charge in [-0.1, -0.05) is 12.1 Å². The molecule has 1 N–H and O–H groups in total. The third-order valence-corrected chi connectivity index (χ3v) is 2.53. The van der Waals surface area contributed by atoms with E-state index >= 15 is 0 Å². The summed E-state index contributed by atoms with van der Waals surface area (Å²) in [7, 11) is 1.39. The predicted molar refractivity (Wildman–Crippen MR) is 64.5 cm³/mol. The molecule has 0 saturated heterocycles. The van der Waals surface area contributed by atoms with Crippen molar-refractivity contribution in [1.29, 1.82) is 0 Å². The number of hydrogen-bond donors (Lipinski definition) is 1. The molecule has 0 amide bonds. The number of carbonyl (C=O) groups excluding carboxylic acids is 1. The summed E-state index contributed by atoms with van der Waals surface area (Å²) < 4.78 is 18.0. The lowest BCUT2D eigenvalue weighted by molar-refractivity contribution is 0.103. The van der Waals surface area contributed by atoms with Crippen LogP contribution in [0.3, 0.4) is 0 Å². The Labute approximate surface area is 103 Å². The molecule has 0 radical (unpaired) electrons. The molecule has 2 rings (SSSR count). The molecule has 2 aromatic rings. The molecule has 0 saturated carbocycles. The smallest absolute Gasteiger partial charge is 0.193 e. The van der Waals surface area contributed by atoms with Crippen molar-refractivity contribution in [2.75, 3.05) is 7.11 Å². The van der Waals surface area contributed by atoms with Crippen molar-refractivity contribution >= 4 is 5.78 Å². The van der Waals surface area contributed by atoms with E-state index in [9.17, 15) is 14.3 Å². The quantitative estimate of drug-likeness (QED) is 0.847. The minimum absolute atomic E-state index is 0.0479. The van der Waals surface area contributed by atoms with Gasteiger partial charge in [0, 0.05) is 11.1 Å². The molecule has 3 nitrogen and oxygen atoms in total. The van der Waals surface area contributed by atoms with Gasteiger partial charge in [-0.3, -0.25) is 4.79 Å². The zero-order valence-electron chi connectivity index (χ0n) is 9.68. The predicted octanol–water partition coefficient (Wildman–Crippen LogP) is 2.77. The van der Waals surface area contributed by atoms with Gasteiger partial charge in [-0.25, -0.2) is 4.39 Å². The lowest BCUT2D eigenvalue weighted by Gasteiger charge is -2.06. The summed E-state index contributed by atoms with van der Waals surface area (Å²) in [5.41, 5.74) is 0.581. The second kappa shape index (κ2) is 4.87. The molecule has 0 spiro atoms. The maximum atomic E-state index is 13.0. The van der Waals surface area contributed by atoms with Crippen molar-refractivity contribution < 1.29 is 19.0 Å². The van der Waals surface area contributed by atoms with Gasteiger partial charge in [-0.05, 0) is 30.3 Å². The minimum Gasteiger partial charge on any atom is -0.504 e. The third kappa shape index (κ3) is 2.32. The van der Waals surface area contributed by atoms with Crippen LogP contribution in [0.5, 0.6) is 11.5 Å². The first kappa shape index (κ1) is 12.1. The van der Waals surface area contributed by atoms with Crippen molar-refractivity contribution in [1.82, 2.24) is 0 Å². The van der Waals surface area contributed by atoms with Crippen LogP contribution in [0, 0.1) is 5.82 Å². The van der Waals surface area contributed by atoms with Crippen LogP contribution in [-0.4, -0.2) is 18.0 Å². The number of ketones is 1. The molecule has 0 unspecified atom stereocenters. The second-order valence-electron chi connectivity index (χ2n) is 3.73.